The van der Waals surface area contributed by atoms with Crippen molar-refractivity contribution in [3.05, 3.63) is 59.4 Å². The first-order valence-corrected chi connectivity index (χ1v) is 8.13. The fraction of sp³-hybridized carbons (Fsp3) is 0.278. The molecule has 0 fully saturated rings. The highest BCUT2D eigenvalue weighted by Gasteiger charge is 2.30. The number of Topliss-reactive ketones (excluding diaryl/α,β-unsaturated/α-hetero) is 1. The molecule has 7 heteroatoms. The van der Waals surface area contributed by atoms with Crippen LogP contribution in [0.25, 0.3) is 5.69 Å². The third-order valence-electron chi connectivity index (χ3n) is 4.24. The minimum Gasteiger partial charge on any atom is -0.300 e. The maximum Gasteiger partial charge on any atom is 0.163 e. The Kier molecular flexibility index (Phi) is 3.56. The number of aliphatic imine (C=N–C) groups is 1. The van der Waals surface area contributed by atoms with Crippen molar-refractivity contribution < 1.29 is 4.79 Å². The molecule has 0 N–H and O–H groups in total. The van der Waals surface area contributed by atoms with Gasteiger partial charge in [0.25, 0.3) is 0 Å². The van der Waals surface area contributed by atoms with Crippen molar-refractivity contribution in [2.24, 2.45) is 12.0 Å². The van der Waals surface area contributed by atoms with Crippen molar-refractivity contribution >= 4 is 11.5 Å². The summed E-state index contributed by atoms with van der Waals surface area (Å²) in [6.45, 7) is 3.47. The molecule has 1 aliphatic rings. The Labute approximate surface area is 145 Å². The summed E-state index contributed by atoms with van der Waals surface area (Å²) < 4.78 is 3.72. The lowest BCUT2D eigenvalue weighted by molar-refractivity contribution is -0.117. The predicted octanol–water partition coefficient (Wildman–Crippen LogP) is 2.18. The maximum atomic E-state index is 11.8. The summed E-state index contributed by atoms with van der Waals surface area (Å²) in [5.41, 5.74) is 3.39. The molecule has 0 saturated carbocycles. The van der Waals surface area contributed by atoms with Gasteiger partial charge in [0, 0.05) is 25.2 Å². The molecule has 0 spiro atoms. The van der Waals surface area contributed by atoms with Gasteiger partial charge in [-0.2, -0.15) is 5.10 Å². The quantitative estimate of drug-likeness (QED) is 0.735. The van der Waals surface area contributed by atoms with E-state index in [0.717, 1.165) is 28.5 Å². The van der Waals surface area contributed by atoms with E-state index >= 15 is 0 Å². The number of nitrogens with zero attached hydrogens (tertiary/aromatic N) is 6. The molecular weight excluding hydrogens is 316 g/mol. The molecule has 0 aliphatic carbocycles. The number of rotatable bonds is 3. The summed E-state index contributed by atoms with van der Waals surface area (Å²) in [6.07, 6.45) is 2.22. The zero-order chi connectivity index (χ0) is 17.6. The molecule has 1 aromatic carbocycles. The van der Waals surface area contributed by atoms with Crippen molar-refractivity contribution in [2.75, 3.05) is 0 Å². The Balaban J connectivity index is 2.01. The first-order valence-electron chi connectivity index (χ1n) is 8.13. The van der Waals surface area contributed by atoms with Crippen molar-refractivity contribution in [3.63, 3.8) is 0 Å². The minimum atomic E-state index is -0.381. The lowest BCUT2D eigenvalue weighted by atomic mass is 10.1. The molecule has 2 aromatic heterocycles. The third kappa shape index (κ3) is 2.57. The first-order chi connectivity index (χ1) is 12.0. The summed E-state index contributed by atoms with van der Waals surface area (Å²) in [5, 5.41) is 13.1. The SMILES string of the molecule is CC(=O)C[C@@H]1N=C(c2ccccc2)c2nn(C)cc2-n2c(C)nnc21. The zero-order valence-electron chi connectivity index (χ0n) is 14.3. The van der Waals surface area contributed by atoms with E-state index in [4.69, 9.17) is 4.99 Å². The second-order valence-corrected chi connectivity index (χ2v) is 6.24. The second kappa shape index (κ2) is 5.77. The highest BCUT2D eigenvalue weighted by atomic mass is 16.1. The number of ketones is 1. The van der Waals surface area contributed by atoms with Crippen LogP contribution in [0.3, 0.4) is 0 Å². The predicted molar refractivity (Wildman–Crippen MR) is 93.0 cm³/mol. The topological polar surface area (TPSA) is 78.0 Å². The third-order valence-corrected chi connectivity index (χ3v) is 4.24. The van der Waals surface area contributed by atoms with E-state index in [0.29, 0.717) is 5.82 Å². The summed E-state index contributed by atoms with van der Waals surface area (Å²) >= 11 is 0. The van der Waals surface area contributed by atoms with Crippen LogP contribution in [0.4, 0.5) is 0 Å². The smallest absolute Gasteiger partial charge is 0.163 e. The largest absolute Gasteiger partial charge is 0.300 e. The summed E-state index contributed by atoms with van der Waals surface area (Å²) in [5.74, 6) is 1.49. The molecule has 0 amide bonds. The average Bonchev–Trinajstić information content (AvgIpc) is 3.11. The van der Waals surface area contributed by atoms with E-state index in [-0.39, 0.29) is 18.2 Å². The maximum absolute atomic E-state index is 11.8. The molecule has 1 aliphatic heterocycles. The van der Waals surface area contributed by atoms with Crippen molar-refractivity contribution in [3.8, 4) is 5.69 Å². The number of carbonyl (C=O) groups excluding carboxylic acids is 1. The first kappa shape index (κ1) is 15.4. The lowest BCUT2D eigenvalue weighted by Crippen LogP contribution is -2.10. The average molecular weight is 334 g/mol. The van der Waals surface area contributed by atoms with Crippen LogP contribution in [-0.4, -0.2) is 36.0 Å². The molecule has 0 bridgehead atoms. The molecule has 7 nitrogen and oxygen atoms in total. The Hall–Kier alpha value is -3.09. The Morgan fingerprint density at radius 1 is 1.20 bits per heavy atom. The molecular formula is C18H18N6O. The van der Waals surface area contributed by atoms with Gasteiger partial charge in [0.1, 0.15) is 23.3 Å². The molecule has 3 aromatic rings. The Morgan fingerprint density at radius 2 is 1.96 bits per heavy atom. The van der Waals surface area contributed by atoms with Gasteiger partial charge < -0.3 is 0 Å². The number of hydrogen-bond donors (Lipinski definition) is 0. The number of hydrogen-bond acceptors (Lipinski definition) is 5. The zero-order valence-corrected chi connectivity index (χ0v) is 14.3. The van der Waals surface area contributed by atoms with Crippen LogP contribution in [0.1, 0.15) is 42.3 Å². The fourth-order valence-corrected chi connectivity index (χ4v) is 3.19. The molecule has 0 radical (unpaired) electrons. The van der Waals surface area contributed by atoms with E-state index in [9.17, 15) is 4.79 Å². The normalized spacial score (nSPS) is 16.0. The molecule has 1 atom stereocenters. The van der Waals surface area contributed by atoms with Gasteiger partial charge in [0.05, 0.1) is 11.4 Å². The van der Waals surface area contributed by atoms with Crippen LogP contribution in [0, 0.1) is 6.92 Å². The summed E-state index contributed by atoms with van der Waals surface area (Å²) in [4.78, 5) is 16.7. The summed E-state index contributed by atoms with van der Waals surface area (Å²) in [7, 11) is 1.88. The molecule has 3 heterocycles. The number of benzene rings is 1. The van der Waals surface area contributed by atoms with Gasteiger partial charge in [0.2, 0.25) is 0 Å². The van der Waals surface area contributed by atoms with Gasteiger partial charge in [-0.15, -0.1) is 10.2 Å². The van der Waals surface area contributed by atoms with Crippen molar-refractivity contribution in [2.45, 2.75) is 26.3 Å². The monoisotopic (exact) mass is 334 g/mol. The van der Waals surface area contributed by atoms with Gasteiger partial charge in [0.15, 0.2) is 5.82 Å². The van der Waals surface area contributed by atoms with Crippen LogP contribution >= 0.6 is 0 Å². The fourth-order valence-electron chi connectivity index (χ4n) is 3.19. The molecule has 0 unspecified atom stereocenters. The van der Waals surface area contributed by atoms with Gasteiger partial charge in [-0.25, -0.2) is 0 Å². The lowest BCUT2D eigenvalue weighted by Gasteiger charge is -2.10. The van der Waals surface area contributed by atoms with Crippen LogP contribution in [0.2, 0.25) is 0 Å². The molecule has 25 heavy (non-hydrogen) atoms. The van der Waals surface area contributed by atoms with Gasteiger partial charge in [-0.1, -0.05) is 30.3 Å². The van der Waals surface area contributed by atoms with Gasteiger partial charge >= 0.3 is 0 Å². The highest BCUT2D eigenvalue weighted by molar-refractivity contribution is 6.14. The second-order valence-electron chi connectivity index (χ2n) is 6.24. The number of carbonyl (C=O) groups is 1. The van der Waals surface area contributed by atoms with Gasteiger partial charge in [-0.05, 0) is 13.8 Å². The number of aryl methyl sites for hydroxylation is 2. The van der Waals surface area contributed by atoms with Gasteiger partial charge in [-0.3, -0.25) is 19.0 Å². The van der Waals surface area contributed by atoms with Crippen LogP contribution < -0.4 is 0 Å². The van der Waals surface area contributed by atoms with Crippen molar-refractivity contribution in [1.29, 1.82) is 0 Å². The van der Waals surface area contributed by atoms with E-state index in [1.54, 1.807) is 11.6 Å². The molecule has 4 rings (SSSR count). The Morgan fingerprint density at radius 3 is 2.68 bits per heavy atom. The number of aromatic nitrogens is 5. The van der Waals surface area contributed by atoms with E-state index in [1.807, 2.05) is 55.1 Å². The molecule has 0 saturated heterocycles. The molecule has 126 valence electrons. The van der Waals surface area contributed by atoms with Crippen LogP contribution in [0.15, 0.2) is 41.5 Å². The standard InChI is InChI=1S/C18H18N6O/c1-11(25)9-14-18-21-20-12(2)24(18)15-10-23(3)22-17(15)16(19-14)13-7-5-4-6-8-13/h4-8,10,14H,9H2,1-3H3/t14-/m0/s1. The van der Waals surface area contributed by atoms with E-state index in [1.165, 1.54) is 0 Å². The minimum absolute atomic E-state index is 0.0634. The van der Waals surface area contributed by atoms with Crippen LogP contribution in [0.5, 0.6) is 0 Å². The van der Waals surface area contributed by atoms with Crippen LogP contribution in [-0.2, 0) is 11.8 Å². The van der Waals surface area contributed by atoms with Crippen molar-refractivity contribution in [1.82, 2.24) is 24.5 Å². The highest BCUT2D eigenvalue weighted by Crippen LogP contribution is 2.31. The van der Waals surface area contributed by atoms with E-state index < -0.39 is 0 Å². The summed E-state index contributed by atoms with van der Waals surface area (Å²) in [6, 6.07) is 9.52. The Bertz CT molecular complexity index is 982. The van der Waals surface area contributed by atoms with E-state index in [2.05, 4.69) is 15.3 Å². The number of fused-ring (bicyclic) bond motifs is 3.